The van der Waals surface area contributed by atoms with Gasteiger partial charge in [-0.15, -0.1) is 0 Å². The Labute approximate surface area is 112 Å². The van der Waals surface area contributed by atoms with Crippen molar-refractivity contribution in [1.29, 1.82) is 0 Å². The minimum atomic E-state index is 0.419. The first-order valence-electron chi connectivity index (χ1n) is 6.34. The maximum Gasteiger partial charge on any atom is 0.165 e. The van der Waals surface area contributed by atoms with Crippen LogP contribution in [0.4, 0.5) is 0 Å². The van der Waals surface area contributed by atoms with Crippen LogP contribution in [0, 0.1) is 0 Å². The van der Waals surface area contributed by atoms with Crippen molar-refractivity contribution in [2.24, 2.45) is 5.73 Å². The van der Waals surface area contributed by atoms with E-state index in [2.05, 4.69) is 12.0 Å². The summed E-state index contributed by atoms with van der Waals surface area (Å²) in [5.74, 6) is 2.16. The largest absolute Gasteiger partial charge is 0.497 e. The molecule has 2 aromatic rings. The Morgan fingerprint density at radius 2 is 2.16 bits per heavy atom. The van der Waals surface area contributed by atoms with Gasteiger partial charge in [-0.1, -0.05) is 13.0 Å². The van der Waals surface area contributed by atoms with Gasteiger partial charge in [-0.05, 0) is 12.5 Å². The number of hydrogen-bond donors (Lipinski definition) is 1. The fraction of sp³-hybridized carbons (Fsp3) is 0.357. The summed E-state index contributed by atoms with van der Waals surface area (Å²) in [5, 5.41) is 4.23. The molecule has 19 heavy (non-hydrogen) atoms. The second-order valence-electron chi connectivity index (χ2n) is 4.22. The van der Waals surface area contributed by atoms with E-state index in [1.165, 1.54) is 0 Å². The van der Waals surface area contributed by atoms with E-state index in [-0.39, 0.29) is 0 Å². The third-order valence-electron chi connectivity index (χ3n) is 2.78. The van der Waals surface area contributed by atoms with Crippen LogP contribution in [-0.4, -0.2) is 16.9 Å². The predicted molar refractivity (Wildman–Crippen MR) is 73.5 cm³/mol. The smallest absolute Gasteiger partial charge is 0.165 e. The van der Waals surface area contributed by atoms with Crippen molar-refractivity contribution in [3.8, 4) is 17.2 Å². The Bertz CT molecular complexity index is 537. The van der Waals surface area contributed by atoms with E-state index in [0.717, 1.165) is 24.3 Å². The summed E-state index contributed by atoms with van der Waals surface area (Å²) >= 11 is 0. The average Bonchev–Trinajstić information content (AvgIpc) is 2.86. The Morgan fingerprint density at radius 3 is 2.84 bits per heavy atom. The molecule has 2 N–H and O–H groups in total. The maximum atomic E-state index is 5.83. The highest BCUT2D eigenvalue weighted by Crippen LogP contribution is 2.29. The second kappa shape index (κ2) is 6.24. The molecule has 1 aromatic carbocycles. The number of nitrogens with zero attached hydrogens (tertiary/aromatic N) is 2. The van der Waals surface area contributed by atoms with Crippen molar-refractivity contribution < 1.29 is 9.47 Å². The monoisotopic (exact) mass is 261 g/mol. The number of nitrogens with two attached hydrogens (primary N) is 1. The Hall–Kier alpha value is -2.01. The van der Waals surface area contributed by atoms with Crippen LogP contribution in [0.1, 0.15) is 18.9 Å². The SMILES string of the molecule is CCCn1cc(Oc2cc(OC)ccc2CN)cn1. The number of benzene rings is 1. The van der Waals surface area contributed by atoms with Crippen LogP contribution in [0.5, 0.6) is 17.2 Å². The zero-order valence-electron chi connectivity index (χ0n) is 11.3. The molecule has 2 rings (SSSR count). The van der Waals surface area contributed by atoms with Gasteiger partial charge in [0.2, 0.25) is 0 Å². The fourth-order valence-corrected chi connectivity index (χ4v) is 1.80. The van der Waals surface area contributed by atoms with Crippen LogP contribution in [0.15, 0.2) is 30.6 Å². The van der Waals surface area contributed by atoms with Gasteiger partial charge in [-0.2, -0.15) is 5.10 Å². The lowest BCUT2D eigenvalue weighted by Crippen LogP contribution is -2.00. The number of aryl methyl sites for hydroxylation is 1. The number of ether oxygens (including phenoxy) is 2. The summed E-state index contributed by atoms with van der Waals surface area (Å²) < 4.78 is 12.9. The molecule has 0 aliphatic carbocycles. The Kier molecular flexibility index (Phi) is 4.41. The average molecular weight is 261 g/mol. The van der Waals surface area contributed by atoms with Gasteiger partial charge in [0, 0.05) is 24.7 Å². The van der Waals surface area contributed by atoms with Gasteiger partial charge in [-0.25, -0.2) is 0 Å². The first-order valence-corrected chi connectivity index (χ1v) is 6.34. The molecule has 5 nitrogen and oxygen atoms in total. The maximum absolute atomic E-state index is 5.83. The number of methoxy groups -OCH3 is 1. The van der Waals surface area contributed by atoms with E-state index in [4.69, 9.17) is 15.2 Å². The fourth-order valence-electron chi connectivity index (χ4n) is 1.80. The standard InChI is InChI=1S/C14H19N3O2/c1-3-6-17-10-13(9-16-17)19-14-7-12(18-2)5-4-11(14)8-15/h4-5,7,9-10H,3,6,8,15H2,1-2H3. The molecule has 0 saturated heterocycles. The zero-order chi connectivity index (χ0) is 13.7. The van der Waals surface area contributed by atoms with Gasteiger partial charge < -0.3 is 15.2 Å². The van der Waals surface area contributed by atoms with Crippen molar-refractivity contribution in [3.63, 3.8) is 0 Å². The molecule has 5 heteroatoms. The molecule has 1 heterocycles. The minimum absolute atomic E-state index is 0.419. The predicted octanol–water partition coefficient (Wildman–Crippen LogP) is 2.55. The molecule has 0 fully saturated rings. The summed E-state index contributed by atoms with van der Waals surface area (Å²) in [6.45, 7) is 3.41. The lowest BCUT2D eigenvalue weighted by Gasteiger charge is -2.10. The second-order valence-corrected chi connectivity index (χ2v) is 4.22. The molecule has 0 aliphatic heterocycles. The lowest BCUT2D eigenvalue weighted by molar-refractivity contribution is 0.408. The van der Waals surface area contributed by atoms with Gasteiger partial charge in [0.25, 0.3) is 0 Å². The van der Waals surface area contributed by atoms with Crippen molar-refractivity contribution in [3.05, 3.63) is 36.2 Å². The van der Waals surface area contributed by atoms with E-state index >= 15 is 0 Å². The normalized spacial score (nSPS) is 10.5. The molecule has 102 valence electrons. The van der Waals surface area contributed by atoms with Crippen LogP contribution >= 0.6 is 0 Å². The van der Waals surface area contributed by atoms with Crippen LogP contribution in [0.25, 0.3) is 0 Å². The van der Waals surface area contributed by atoms with Crippen molar-refractivity contribution in [1.82, 2.24) is 9.78 Å². The van der Waals surface area contributed by atoms with Crippen LogP contribution < -0.4 is 15.2 Å². The number of hydrogen-bond acceptors (Lipinski definition) is 4. The number of aromatic nitrogens is 2. The lowest BCUT2D eigenvalue weighted by atomic mass is 10.2. The van der Waals surface area contributed by atoms with Crippen LogP contribution in [-0.2, 0) is 13.1 Å². The summed E-state index contributed by atoms with van der Waals surface area (Å²) in [6, 6.07) is 5.61. The molecule has 0 radical (unpaired) electrons. The summed E-state index contributed by atoms with van der Waals surface area (Å²) in [4.78, 5) is 0. The molecule has 0 amide bonds. The highest BCUT2D eigenvalue weighted by Gasteiger charge is 2.07. The van der Waals surface area contributed by atoms with Crippen LogP contribution in [0.2, 0.25) is 0 Å². The molecule has 1 aromatic heterocycles. The van der Waals surface area contributed by atoms with E-state index < -0.39 is 0 Å². The summed E-state index contributed by atoms with van der Waals surface area (Å²) in [6.07, 6.45) is 4.62. The molecule has 0 atom stereocenters. The van der Waals surface area contributed by atoms with Crippen molar-refractivity contribution in [2.45, 2.75) is 26.4 Å². The molecule has 0 saturated carbocycles. The molecule has 0 spiro atoms. The summed E-state index contributed by atoms with van der Waals surface area (Å²) in [5.41, 5.74) is 6.64. The molecule has 0 aliphatic rings. The summed E-state index contributed by atoms with van der Waals surface area (Å²) in [7, 11) is 1.63. The van der Waals surface area contributed by atoms with E-state index in [1.54, 1.807) is 13.3 Å². The third kappa shape index (κ3) is 3.26. The van der Waals surface area contributed by atoms with E-state index in [9.17, 15) is 0 Å². The van der Waals surface area contributed by atoms with E-state index in [1.807, 2.05) is 29.1 Å². The highest BCUT2D eigenvalue weighted by molar-refractivity contribution is 5.42. The minimum Gasteiger partial charge on any atom is -0.497 e. The molecular formula is C14H19N3O2. The number of rotatable bonds is 6. The van der Waals surface area contributed by atoms with Crippen molar-refractivity contribution >= 4 is 0 Å². The molecular weight excluding hydrogens is 242 g/mol. The highest BCUT2D eigenvalue weighted by atomic mass is 16.5. The van der Waals surface area contributed by atoms with Gasteiger partial charge in [0.15, 0.2) is 5.75 Å². The van der Waals surface area contributed by atoms with Gasteiger partial charge in [0.1, 0.15) is 11.5 Å². The van der Waals surface area contributed by atoms with Crippen molar-refractivity contribution in [2.75, 3.05) is 7.11 Å². The topological polar surface area (TPSA) is 62.3 Å². The zero-order valence-corrected chi connectivity index (χ0v) is 11.3. The first-order chi connectivity index (χ1) is 9.26. The molecule has 0 unspecified atom stereocenters. The molecule has 0 bridgehead atoms. The van der Waals surface area contributed by atoms with Gasteiger partial charge in [0.05, 0.1) is 19.5 Å². The van der Waals surface area contributed by atoms with Gasteiger partial charge >= 0.3 is 0 Å². The Balaban J connectivity index is 2.20. The van der Waals surface area contributed by atoms with Gasteiger partial charge in [-0.3, -0.25) is 4.68 Å². The van der Waals surface area contributed by atoms with Crippen LogP contribution in [0.3, 0.4) is 0 Å². The third-order valence-corrected chi connectivity index (χ3v) is 2.78. The Morgan fingerprint density at radius 1 is 1.32 bits per heavy atom. The quantitative estimate of drug-likeness (QED) is 0.868. The van der Waals surface area contributed by atoms with E-state index in [0.29, 0.717) is 18.0 Å². The first kappa shape index (κ1) is 13.4.